The molecule has 19 heteroatoms. The van der Waals surface area contributed by atoms with Crippen LogP contribution in [-0.2, 0) is 65.4 Å². The fourth-order valence-corrected chi connectivity index (χ4v) is 12.2. The first kappa shape index (κ1) is 88.1. The van der Waals surface area contributed by atoms with E-state index in [2.05, 4.69) is 55.4 Å². The number of hydrogen-bond donors (Lipinski definition) is 3. The Bertz CT molecular complexity index is 1790. The molecule has 0 bridgehead atoms. The molecule has 0 aromatic carbocycles. The molecule has 0 saturated heterocycles. The lowest BCUT2D eigenvalue weighted by Crippen LogP contribution is -2.30. The van der Waals surface area contributed by atoms with Gasteiger partial charge in [-0.15, -0.1) is 0 Å². The summed E-state index contributed by atoms with van der Waals surface area (Å²) in [7, 11) is -9.90. The van der Waals surface area contributed by atoms with E-state index in [9.17, 15) is 43.2 Å². The lowest BCUT2D eigenvalue weighted by Gasteiger charge is -2.21. The fourth-order valence-electron chi connectivity index (χ4n) is 10.6. The molecule has 0 fully saturated rings. The maximum atomic E-state index is 13.0. The number of phosphoric acid groups is 2. The van der Waals surface area contributed by atoms with E-state index in [1.807, 2.05) is 0 Å². The highest BCUT2D eigenvalue weighted by atomic mass is 31.2. The molecular formula is C71H138O17P2. The van der Waals surface area contributed by atoms with Crippen LogP contribution in [0.2, 0.25) is 0 Å². The van der Waals surface area contributed by atoms with E-state index in [0.29, 0.717) is 31.6 Å². The maximum Gasteiger partial charge on any atom is 0.472 e. The van der Waals surface area contributed by atoms with Gasteiger partial charge in [-0.2, -0.15) is 0 Å². The molecule has 0 aliphatic carbocycles. The van der Waals surface area contributed by atoms with Crippen molar-refractivity contribution >= 4 is 39.5 Å². The molecule has 0 aliphatic rings. The Balaban J connectivity index is 5.21. The number of esters is 4. The molecule has 7 atom stereocenters. The zero-order valence-corrected chi connectivity index (χ0v) is 60.6. The van der Waals surface area contributed by atoms with Crippen LogP contribution < -0.4 is 0 Å². The van der Waals surface area contributed by atoms with Gasteiger partial charge in [0.05, 0.1) is 26.4 Å². The first-order valence-electron chi connectivity index (χ1n) is 36.8. The Morgan fingerprint density at radius 1 is 0.311 bits per heavy atom. The molecule has 0 saturated carbocycles. The van der Waals surface area contributed by atoms with Crippen molar-refractivity contribution in [1.82, 2.24) is 0 Å². The molecule has 534 valence electrons. The van der Waals surface area contributed by atoms with Crippen molar-refractivity contribution in [3.63, 3.8) is 0 Å². The molecule has 0 heterocycles. The third-order valence-corrected chi connectivity index (χ3v) is 18.9. The monoisotopic (exact) mass is 1320 g/mol. The molecular weight excluding hydrogens is 1190 g/mol. The Labute approximate surface area is 549 Å². The number of carbonyl (C=O) groups is 4. The number of carbonyl (C=O) groups excluding carboxylic acids is 4. The van der Waals surface area contributed by atoms with E-state index in [-0.39, 0.29) is 25.7 Å². The first-order chi connectivity index (χ1) is 43.2. The highest BCUT2D eigenvalue weighted by Crippen LogP contribution is 2.45. The molecule has 3 N–H and O–H groups in total. The van der Waals surface area contributed by atoms with Crippen molar-refractivity contribution in [2.45, 2.75) is 369 Å². The number of aliphatic hydroxyl groups is 1. The van der Waals surface area contributed by atoms with Crippen LogP contribution in [-0.4, -0.2) is 96.7 Å². The van der Waals surface area contributed by atoms with Crippen molar-refractivity contribution in [2.75, 3.05) is 39.6 Å². The van der Waals surface area contributed by atoms with Gasteiger partial charge in [-0.25, -0.2) is 9.13 Å². The van der Waals surface area contributed by atoms with Gasteiger partial charge < -0.3 is 33.8 Å². The van der Waals surface area contributed by atoms with Crippen molar-refractivity contribution < 1.29 is 80.2 Å². The molecule has 0 spiro atoms. The van der Waals surface area contributed by atoms with E-state index in [0.717, 1.165) is 114 Å². The van der Waals surface area contributed by atoms with Crippen molar-refractivity contribution in [3.8, 4) is 0 Å². The van der Waals surface area contributed by atoms with Crippen molar-refractivity contribution in [2.24, 2.45) is 23.7 Å². The van der Waals surface area contributed by atoms with Crippen LogP contribution in [0.4, 0.5) is 0 Å². The Hall–Kier alpha value is -1.94. The number of phosphoric ester groups is 2. The number of aliphatic hydroxyl groups excluding tert-OH is 1. The van der Waals surface area contributed by atoms with E-state index < -0.39 is 97.5 Å². The van der Waals surface area contributed by atoms with Gasteiger partial charge in [0.2, 0.25) is 0 Å². The molecule has 0 aromatic heterocycles. The fraction of sp³-hybridized carbons (Fsp3) is 0.944. The molecule has 0 radical (unpaired) electrons. The number of hydrogen-bond acceptors (Lipinski definition) is 15. The molecule has 0 aromatic rings. The average molecular weight is 1330 g/mol. The van der Waals surface area contributed by atoms with Gasteiger partial charge in [0.1, 0.15) is 19.3 Å². The Morgan fingerprint density at radius 3 is 0.789 bits per heavy atom. The maximum absolute atomic E-state index is 13.0. The van der Waals surface area contributed by atoms with Gasteiger partial charge in [0.25, 0.3) is 0 Å². The summed E-state index contributed by atoms with van der Waals surface area (Å²) in [6.45, 7) is 14.1. The lowest BCUT2D eigenvalue weighted by atomic mass is 9.99. The second-order valence-electron chi connectivity index (χ2n) is 27.1. The number of ether oxygens (including phenoxy) is 4. The van der Waals surface area contributed by atoms with Crippen LogP contribution >= 0.6 is 15.6 Å². The van der Waals surface area contributed by atoms with Gasteiger partial charge >= 0.3 is 39.5 Å². The Morgan fingerprint density at radius 2 is 0.533 bits per heavy atom. The van der Waals surface area contributed by atoms with Crippen LogP contribution in [0.15, 0.2) is 0 Å². The predicted octanol–water partition coefficient (Wildman–Crippen LogP) is 20.1. The third-order valence-electron chi connectivity index (χ3n) is 17.0. The van der Waals surface area contributed by atoms with Gasteiger partial charge in [0.15, 0.2) is 12.2 Å². The van der Waals surface area contributed by atoms with E-state index in [1.165, 1.54) is 148 Å². The second-order valence-corrected chi connectivity index (χ2v) is 30.0. The molecule has 0 aliphatic heterocycles. The summed E-state index contributed by atoms with van der Waals surface area (Å²) in [5.74, 6) is 0.853. The van der Waals surface area contributed by atoms with Gasteiger partial charge in [0, 0.05) is 25.7 Å². The normalized spacial score (nSPS) is 14.9. The first-order valence-corrected chi connectivity index (χ1v) is 39.8. The van der Waals surface area contributed by atoms with Crippen LogP contribution in [0.3, 0.4) is 0 Å². The number of unbranched alkanes of at least 4 members (excludes halogenated alkanes) is 32. The third kappa shape index (κ3) is 62.2. The zero-order chi connectivity index (χ0) is 66.8. The minimum atomic E-state index is -4.95. The Kier molecular flexibility index (Phi) is 59.4. The molecule has 4 unspecified atom stereocenters. The van der Waals surface area contributed by atoms with Gasteiger partial charge in [-0.1, -0.05) is 299 Å². The standard InChI is InChI=1S/C71H138O17P2/c1-9-63(7)49-41-33-24-21-22-25-35-43-51-68(73)81-57-66(87-70(75)53-45-37-26-20-18-16-14-12-11-13-15-17-19-23-31-39-47-61(3)4)59-85-89(77,78)83-55-65(72)56-84-90(79,80)86-60-67(88-71(76)54-46-38-29-27-32-40-48-62(5)6)58-82-69(74)52-44-36-30-28-34-42-50-64(8)10-2/h61-67,72H,9-60H2,1-8H3,(H,77,78)(H,79,80)/t63?,64?,65-,66-,67-/m1/s1. The summed E-state index contributed by atoms with van der Waals surface area (Å²) in [5.41, 5.74) is 0. The van der Waals surface area contributed by atoms with E-state index in [4.69, 9.17) is 37.0 Å². The summed E-state index contributed by atoms with van der Waals surface area (Å²) in [4.78, 5) is 72.5. The number of rotatable bonds is 68. The minimum absolute atomic E-state index is 0.101. The summed E-state index contributed by atoms with van der Waals surface area (Å²) < 4.78 is 68.2. The summed E-state index contributed by atoms with van der Waals surface area (Å²) in [6.07, 6.45) is 43.3. The van der Waals surface area contributed by atoms with Crippen molar-refractivity contribution in [1.29, 1.82) is 0 Å². The van der Waals surface area contributed by atoms with Crippen LogP contribution in [0.25, 0.3) is 0 Å². The lowest BCUT2D eigenvalue weighted by molar-refractivity contribution is -0.161. The topological polar surface area (TPSA) is 237 Å². The SMILES string of the molecule is CCC(C)CCCCCCCCCCC(=O)OC[C@H](COP(=O)(O)OC[C@@H](O)COP(=O)(O)OC[C@@H](COC(=O)CCCCCCCCC(C)CC)OC(=O)CCCCCCCCC(C)C)OC(=O)CCCCCCCCCCCCCCCCCCC(C)C. The largest absolute Gasteiger partial charge is 0.472 e. The average Bonchev–Trinajstić information content (AvgIpc) is 3.66. The molecule has 0 amide bonds. The quantitative estimate of drug-likeness (QED) is 0.0222. The smallest absolute Gasteiger partial charge is 0.462 e. The second kappa shape index (κ2) is 60.7. The van der Waals surface area contributed by atoms with Crippen molar-refractivity contribution in [3.05, 3.63) is 0 Å². The highest BCUT2D eigenvalue weighted by Gasteiger charge is 2.30. The van der Waals surface area contributed by atoms with E-state index >= 15 is 0 Å². The summed E-state index contributed by atoms with van der Waals surface area (Å²) in [6, 6.07) is 0. The van der Waals surface area contributed by atoms with Crippen LogP contribution in [0, 0.1) is 23.7 Å². The van der Waals surface area contributed by atoms with Crippen LogP contribution in [0.5, 0.6) is 0 Å². The van der Waals surface area contributed by atoms with Crippen LogP contribution in [0.1, 0.15) is 351 Å². The summed E-state index contributed by atoms with van der Waals surface area (Å²) in [5, 5.41) is 10.6. The summed E-state index contributed by atoms with van der Waals surface area (Å²) >= 11 is 0. The molecule has 90 heavy (non-hydrogen) atoms. The van der Waals surface area contributed by atoms with E-state index in [1.54, 1.807) is 0 Å². The minimum Gasteiger partial charge on any atom is -0.462 e. The highest BCUT2D eigenvalue weighted by molar-refractivity contribution is 7.47. The van der Waals surface area contributed by atoms with Gasteiger partial charge in [-0.3, -0.25) is 37.3 Å². The zero-order valence-electron chi connectivity index (χ0n) is 58.8. The van der Waals surface area contributed by atoms with Gasteiger partial charge in [-0.05, 0) is 49.4 Å². The predicted molar refractivity (Wildman–Crippen MR) is 363 cm³/mol. The molecule has 0 rings (SSSR count). The molecule has 17 nitrogen and oxygen atoms in total.